The van der Waals surface area contributed by atoms with E-state index in [0.717, 1.165) is 11.1 Å². The molecule has 0 saturated heterocycles. The molecule has 0 radical (unpaired) electrons. The van der Waals surface area contributed by atoms with Crippen molar-refractivity contribution in [1.29, 1.82) is 0 Å². The number of benzene rings is 3. The molecule has 0 N–H and O–H groups in total. The van der Waals surface area contributed by atoms with Crippen LogP contribution < -0.4 is 5.56 Å². The predicted octanol–water partition coefficient (Wildman–Crippen LogP) is 6.20. The number of halogens is 2. The Kier molecular flexibility index (Phi) is 5.28. The van der Waals surface area contributed by atoms with Crippen molar-refractivity contribution in [1.82, 2.24) is 24.1 Å². The number of fused-ring (bicyclic) bond motifs is 4. The highest BCUT2D eigenvalue weighted by Crippen LogP contribution is 2.31. The third-order valence-corrected chi connectivity index (χ3v) is 6.84. The minimum atomic E-state index is -0.149. The first-order valence-electron chi connectivity index (χ1n) is 11.2. The van der Waals surface area contributed by atoms with Gasteiger partial charge in [0.2, 0.25) is 0 Å². The highest BCUT2D eigenvalue weighted by molar-refractivity contribution is 6.42. The lowest BCUT2D eigenvalue weighted by Gasteiger charge is -2.13. The number of para-hydroxylation sites is 2. The van der Waals surface area contributed by atoms with Crippen LogP contribution in [0.3, 0.4) is 0 Å². The highest BCUT2D eigenvalue weighted by atomic mass is 35.5. The highest BCUT2D eigenvalue weighted by Gasteiger charge is 2.23. The molecule has 0 spiro atoms. The van der Waals surface area contributed by atoms with E-state index in [1.807, 2.05) is 72.2 Å². The van der Waals surface area contributed by atoms with E-state index in [0.29, 0.717) is 62.2 Å². The molecule has 0 fully saturated rings. The average Bonchev–Trinajstić information content (AvgIpc) is 3.19. The van der Waals surface area contributed by atoms with Gasteiger partial charge in [0, 0.05) is 6.42 Å². The van der Waals surface area contributed by atoms with Gasteiger partial charge in [-0.05, 0) is 35.9 Å². The molecule has 0 aliphatic carbocycles. The first-order valence-corrected chi connectivity index (χ1v) is 12.0. The molecule has 0 saturated carbocycles. The lowest BCUT2D eigenvalue weighted by Crippen LogP contribution is -2.26. The molecule has 0 bridgehead atoms. The summed E-state index contributed by atoms with van der Waals surface area (Å²) in [7, 11) is 0. The summed E-state index contributed by atoms with van der Waals surface area (Å²) in [6.07, 6.45) is 0.587. The van der Waals surface area contributed by atoms with Crippen molar-refractivity contribution in [3.8, 4) is 5.69 Å². The normalized spacial score (nSPS) is 11.6. The van der Waals surface area contributed by atoms with Crippen molar-refractivity contribution < 1.29 is 0 Å². The smallest absolute Gasteiger partial charge is 0.265 e. The fourth-order valence-electron chi connectivity index (χ4n) is 4.44. The third-order valence-electron chi connectivity index (χ3n) is 6.10. The fourth-order valence-corrected chi connectivity index (χ4v) is 4.73. The average molecular weight is 500 g/mol. The van der Waals surface area contributed by atoms with Gasteiger partial charge >= 0.3 is 0 Å². The van der Waals surface area contributed by atoms with Crippen molar-refractivity contribution in [2.24, 2.45) is 0 Å². The maximum atomic E-state index is 14.0. The van der Waals surface area contributed by atoms with Crippen LogP contribution in [-0.4, -0.2) is 24.1 Å². The van der Waals surface area contributed by atoms with Crippen LogP contribution in [0.25, 0.3) is 38.9 Å². The maximum absolute atomic E-state index is 14.0. The van der Waals surface area contributed by atoms with Gasteiger partial charge in [-0.3, -0.25) is 13.9 Å². The SMILES string of the molecule is CCc1nc2c(c(=O)n1Cc1ccccc1)c1nc3ccccc3nc1n2-c1ccc(Cl)c(Cl)c1. The van der Waals surface area contributed by atoms with E-state index < -0.39 is 0 Å². The van der Waals surface area contributed by atoms with Crippen LogP contribution in [-0.2, 0) is 13.0 Å². The van der Waals surface area contributed by atoms with E-state index in [1.54, 1.807) is 16.7 Å². The molecule has 0 aliphatic heterocycles. The number of rotatable bonds is 4. The summed E-state index contributed by atoms with van der Waals surface area (Å²) < 4.78 is 3.58. The van der Waals surface area contributed by atoms with E-state index in [9.17, 15) is 4.79 Å². The van der Waals surface area contributed by atoms with Gasteiger partial charge in [0.15, 0.2) is 11.3 Å². The van der Waals surface area contributed by atoms with Gasteiger partial charge in [0.25, 0.3) is 5.56 Å². The molecule has 172 valence electrons. The van der Waals surface area contributed by atoms with Crippen molar-refractivity contribution >= 4 is 56.4 Å². The monoisotopic (exact) mass is 499 g/mol. The molecule has 0 unspecified atom stereocenters. The third kappa shape index (κ3) is 3.57. The molecule has 3 aromatic carbocycles. The molecular weight excluding hydrogens is 481 g/mol. The largest absolute Gasteiger partial charge is 0.291 e. The van der Waals surface area contributed by atoms with Crippen LogP contribution in [0.2, 0.25) is 10.0 Å². The summed E-state index contributed by atoms with van der Waals surface area (Å²) in [6, 6.07) is 22.8. The molecule has 0 aliphatic rings. The first-order chi connectivity index (χ1) is 17.0. The molecule has 3 aromatic heterocycles. The molecule has 35 heavy (non-hydrogen) atoms. The summed E-state index contributed by atoms with van der Waals surface area (Å²) in [5.74, 6) is 0.681. The molecular formula is C27H19Cl2N5O. The summed E-state index contributed by atoms with van der Waals surface area (Å²) >= 11 is 12.6. The second kappa shape index (κ2) is 8.48. The lowest BCUT2D eigenvalue weighted by molar-refractivity contribution is 0.685. The van der Waals surface area contributed by atoms with Crippen molar-refractivity contribution in [3.63, 3.8) is 0 Å². The summed E-state index contributed by atoms with van der Waals surface area (Å²) in [6.45, 7) is 2.41. The van der Waals surface area contributed by atoms with Gasteiger partial charge < -0.3 is 0 Å². The Morgan fingerprint density at radius 2 is 1.51 bits per heavy atom. The number of aromatic nitrogens is 5. The summed E-state index contributed by atoms with van der Waals surface area (Å²) in [5, 5.41) is 1.28. The maximum Gasteiger partial charge on any atom is 0.265 e. The topological polar surface area (TPSA) is 65.6 Å². The van der Waals surface area contributed by atoms with Gasteiger partial charge in [0.05, 0.1) is 33.3 Å². The van der Waals surface area contributed by atoms with Crippen LogP contribution in [0.5, 0.6) is 0 Å². The van der Waals surface area contributed by atoms with Crippen molar-refractivity contribution in [2.75, 3.05) is 0 Å². The van der Waals surface area contributed by atoms with Gasteiger partial charge in [-0.2, -0.15) is 0 Å². The van der Waals surface area contributed by atoms with E-state index in [4.69, 9.17) is 38.2 Å². The van der Waals surface area contributed by atoms with Crippen molar-refractivity contribution in [3.05, 3.63) is 105 Å². The standard InChI is InChI=1S/C27H19Cl2N5O/c1-2-22-32-25-23(27(35)33(22)15-16-8-4-3-5-9-16)24-26(31-21-11-7-6-10-20(21)30-24)34(25)17-12-13-18(28)19(29)14-17/h3-14H,2,15H2,1H3. The fraction of sp³-hybridized carbons (Fsp3) is 0.111. The Morgan fingerprint density at radius 3 is 2.23 bits per heavy atom. The first kappa shape index (κ1) is 21.8. The van der Waals surface area contributed by atoms with Gasteiger partial charge in [0.1, 0.15) is 16.7 Å². The minimum Gasteiger partial charge on any atom is -0.291 e. The van der Waals surface area contributed by atoms with Crippen LogP contribution in [0.15, 0.2) is 77.6 Å². The van der Waals surface area contributed by atoms with Gasteiger partial charge in [-0.25, -0.2) is 15.0 Å². The Morgan fingerprint density at radius 1 is 0.800 bits per heavy atom. The zero-order valence-corrected chi connectivity index (χ0v) is 20.3. The van der Waals surface area contributed by atoms with Crippen LogP contribution >= 0.6 is 23.2 Å². The molecule has 6 rings (SSSR count). The van der Waals surface area contributed by atoms with E-state index in [-0.39, 0.29) is 5.56 Å². The number of hydrogen-bond donors (Lipinski definition) is 0. The van der Waals surface area contributed by atoms with Crippen LogP contribution in [0.1, 0.15) is 18.3 Å². The summed E-state index contributed by atoms with van der Waals surface area (Å²) in [4.78, 5) is 28.8. The van der Waals surface area contributed by atoms with Gasteiger partial charge in [-0.15, -0.1) is 0 Å². The molecule has 0 atom stereocenters. The predicted molar refractivity (Wildman–Crippen MR) is 141 cm³/mol. The van der Waals surface area contributed by atoms with Crippen LogP contribution in [0, 0.1) is 0 Å². The van der Waals surface area contributed by atoms with Crippen molar-refractivity contribution in [2.45, 2.75) is 19.9 Å². The zero-order chi connectivity index (χ0) is 24.1. The van der Waals surface area contributed by atoms with E-state index >= 15 is 0 Å². The van der Waals surface area contributed by atoms with Gasteiger partial charge in [-0.1, -0.05) is 72.6 Å². The Hall–Kier alpha value is -3.74. The molecule has 0 amide bonds. The Bertz CT molecular complexity index is 1810. The minimum absolute atomic E-state index is 0.149. The summed E-state index contributed by atoms with van der Waals surface area (Å²) in [5.41, 5.74) is 4.57. The second-order valence-corrected chi connectivity index (χ2v) is 9.09. The molecule has 3 heterocycles. The Balaban J connectivity index is 1.75. The van der Waals surface area contributed by atoms with E-state index in [1.165, 1.54) is 0 Å². The quantitative estimate of drug-likeness (QED) is 0.289. The number of hydrogen-bond acceptors (Lipinski definition) is 4. The molecule has 6 aromatic rings. The molecule has 8 heteroatoms. The van der Waals surface area contributed by atoms with Crippen LogP contribution in [0.4, 0.5) is 0 Å². The zero-order valence-electron chi connectivity index (χ0n) is 18.7. The Labute approximate surface area is 210 Å². The number of aryl methyl sites for hydroxylation is 1. The number of nitrogens with zero attached hydrogens (tertiary/aromatic N) is 5. The molecule has 6 nitrogen and oxygen atoms in total. The van der Waals surface area contributed by atoms with E-state index in [2.05, 4.69) is 0 Å². The lowest BCUT2D eigenvalue weighted by atomic mass is 10.2. The second-order valence-electron chi connectivity index (χ2n) is 8.28.